The Morgan fingerprint density at radius 3 is 2.58 bits per heavy atom. The first-order valence-electron chi connectivity index (χ1n) is 7.95. The molecule has 5 heteroatoms. The van der Waals surface area contributed by atoms with E-state index in [1.54, 1.807) is 6.21 Å². The molecule has 0 spiro atoms. The van der Waals surface area contributed by atoms with Crippen LogP contribution in [0.25, 0.3) is 0 Å². The number of nitriles is 1. The fourth-order valence-electron chi connectivity index (χ4n) is 2.11. The highest BCUT2D eigenvalue weighted by molar-refractivity contribution is 7.09. The van der Waals surface area contributed by atoms with Gasteiger partial charge in [-0.1, -0.05) is 32.9 Å². The summed E-state index contributed by atoms with van der Waals surface area (Å²) in [7, 11) is 0. The molecule has 0 amide bonds. The van der Waals surface area contributed by atoms with E-state index in [0.29, 0.717) is 13.2 Å². The van der Waals surface area contributed by atoms with Crippen LogP contribution >= 0.6 is 11.3 Å². The largest absolute Gasteiger partial charge is 0.492 e. The van der Waals surface area contributed by atoms with Crippen molar-refractivity contribution >= 4 is 17.6 Å². The number of aliphatic imine (C=N–C) groups is 1. The zero-order chi connectivity index (χ0) is 17.6. The van der Waals surface area contributed by atoms with E-state index in [0.717, 1.165) is 16.5 Å². The van der Waals surface area contributed by atoms with Crippen LogP contribution in [0.4, 0.5) is 0 Å². The van der Waals surface area contributed by atoms with Gasteiger partial charge in [0.1, 0.15) is 23.3 Å². The Balaban J connectivity index is 1.81. The molecule has 24 heavy (non-hydrogen) atoms. The predicted octanol–water partition coefficient (Wildman–Crippen LogP) is 4.51. The van der Waals surface area contributed by atoms with Crippen molar-refractivity contribution in [2.24, 2.45) is 4.99 Å². The summed E-state index contributed by atoms with van der Waals surface area (Å²) in [6, 6.07) is 10.4. The topological polar surface area (TPSA) is 58.3 Å². The molecule has 1 aromatic carbocycles. The van der Waals surface area contributed by atoms with Crippen LogP contribution in [0.3, 0.4) is 0 Å². The van der Waals surface area contributed by atoms with Crippen molar-refractivity contribution < 1.29 is 4.74 Å². The van der Waals surface area contributed by atoms with Gasteiger partial charge in [-0.2, -0.15) is 5.26 Å². The second-order valence-electron chi connectivity index (χ2n) is 6.61. The minimum absolute atomic E-state index is 0.142. The monoisotopic (exact) mass is 341 g/mol. The van der Waals surface area contributed by atoms with Gasteiger partial charge in [0, 0.05) is 17.3 Å². The molecule has 0 bridgehead atoms. The Morgan fingerprint density at radius 1 is 1.33 bits per heavy atom. The minimum Gasteiger partial charge on any atom is -0.492 e. The zero-order valence-corrected chi connectivity index (χ0v) is 15.4. The fraction of sp³-hybridized carbons (Fsp3) is 0.421. The predicted molar refractivity (Wildman–Crippen MR) is 99.2 cm³/mol. The van der Waals surface area contributed by atoms with Crippen LogP contribution in [0.5, 0.6) is 5.75 Å². The van der Waals surface area contributed by atoms with E-state index in [9.17, 15) is 5.26 Å². The minimum atomic E-state index is -0.380. The van der Waals surface area contributed by atoms with Gasteiger partial charge in [0.05, 0.1) is 12.6 Å². The summed E-state index contributed by atoms with van der Waals surface area (Å²) >= 11 is 1.49. The number of aromatic nitrogens is 1. The number of aryl methyl sites for hydroxylation is 1. The summed E-state index contributed by atoms with van der Waals surface area (Å²) in [6.07, 6.45) is 1.66. The number of thiazole rings is 1. The highest BCUT2D eigenvalue weighted by Crippen LogP contribution is 2.24. The van der Waals surface area contributed by atoms with Gasteiger partial charge in [0.2, 0.25) is 0 Å². The third-order valence-electron chi connectivity index (χ3n) is 3.51. The number of hydrogen-bond donors (Lipinski definition) is 0. The molecule has 0 unspecified atom stereocenters. The molecule has 2 aromatic rings. The molecular formula is C19H23N3OS. The molecule has 0 fully saturated rings. The lowest BCUT2D eigenvalue weighted by Crippen LogP contribution is -2.10. The maximum atomic E-state index is 9.21. The van der Waals surface area contributed by atoms with Crippen LogP contribution in [-0.2, 0) is 5.41 Å². The van der Waals surface area contributed by atoms with Crippen LogP contribution in [0.1, 0.15) is 43.0 Å². The second-order valence-corrected chi connectivity index (χ2v) is 7.50. The molecule has 1 aromatic heterocycles. The molecular weight excluding hydrogens is 318 g/mol. The van der Waals surface area contributed by atoms with Gasteiger partial charge in [-0.05, 0) is 30.0 Å². The maximum Gasteiger partial charge on any atom is 0.133 e. The molecule has 126 valence electrons. The Morgan fingerprint density at radius 2 is 2.04 bits per heavy atom. The number of rotatable bonds is 6. The smallest absolute Gasteiger partial charge is 0.133 e. The summed E-state index contributed by atoms with van der Waals surface area (Å²) in [6.45, 7) is 9.49. The molecule has 0 aliphatic heterocycles. The molecule has 0 aliphatic carbocycles. The van der Waals surface area contributed by atoms with E-state index >= 15 is 0 Å². The van der Waals surface area contributed by atoms with E-state index in [2.05, 4.69) is 48.9 Å². The van der Waals surface area contributed by atoms with E-state index < -0.39 is 0 Å². The molecule has 1 heterocycles. The number of benzene rings is 1. The molecule has 1 atom stereocenters. The van der Waals surface area contributed by atoms with Gasteiger partial charge in [-0.25, -0.2) is 4.98 Å². The van der Waals surface area contributed by atoms with Crippen LogP contribution in [0.15, 0.2) is 34.6 Å². The van der Waals surface area contributed by atoms with Gasteiger partial charge in [-0.15, -0.1) is 11.3 Å². The van der Waals surface area contributed by atoms with E-state index in [1.165, 1.54) is 16.9 Å². The van der Waals surface area contributed by atoms with Crippen molar-refractivity contribution in [3.05, 3.63) is 45.9 Å². The van der Waals surface area contributed by atoms with Crippen LogP contribution in [0, 0.1) is 18.3 Å². The van der Waals surface area contributed by atoms with Gasteiger partial charge < -0.3 is 4.74 Å². The lowest BCUT2D eigenvalue weighted by molar-refractivity contribution is 0.328. The van der Waals surface area contributed by atoms with Gasteiger partial charge in [-0.3, -0.25) is 4.99 Å². The van der Waals surface area contributed by atoms with Gasteiger partial charge >= 0.3 is 0 Å². The Hall–Kier alpha value is -2.19. The second kappa shape index (κ2) is 8.07. The van der Waals surface area contributed by atoms with Crippen molar-refractivity contribution in [1.29, 1.82) is 5.26 Å². The number of nitrogens with zero attached hydrogens (tertiary/aromatic N) is 3. The average molecular weight is 341 g/mol. The van der Waals surface area contributed by atoms with Crippen molar-refractivity contribution in [3.8, 4) is 11.8 Å². The Labute approximate surface area is 147 Å². The number of ether oxygens (including phenoxy) is 1. The lowest BCUT2D eigenvalue weighted by Gasteiger charge is -2.19. The summed E-state index contributed by atoms with van der Waals surface area (Å²) in [5.74, 6) is 0.459. The molecule has 0 saturated carbocycles. The highest BCUT2D eigenvalue weighted by atomic mass is 32.1. The van der Waals surface area contributed by atoms with Crippen LogP contribution < -0.4 is 4.74 Å². The summed E-state index contributed by atoms with van der Waals surface area (Å²) in [5, 5.41) is 11.9. The molecule has 0 N–H and O–H groups in total. The summed E-state index contributed by atoms with van der Waals surface area (Å²) in [5.41, 5.74) is 2.36. The quantitative estimate of drug-likeness (QED) is 0.574. The van der Waals surface area contributed by atoms with Gasteiger partial charge in [0.25, 0.3) is 0 Å². The normalized spacial score (nSPS) is 13.0. The van der Waals surface area contributed by atoms with Crippen LogP contribution in [-0.4, -0.2) is 24.4 Å². The average Bonchev–Trinajstić information content (AvgIpc) is 2.97. The third-order valence-corrected chi connectivity index (χ3v) is 4.55. The van der Waals surface area contributed by atoms with Crippen molar-refractivity contribution in [2.45, 2.75) is 39.0 Å². The standard InChI is InChI=1S/C19H23N3OS/c1-14-13-24-18(22-14)15(11-20)12-21-9-10-23-17-7-5-16(6-8-17)19(2,3)4/h5-8,12-13,15H,9-10H2,1-4H3/t15-/m0/s1. The number of hydrogen-bond acceptors (Lipinski definition) is 5. The third kappa shape index (κ3) is 5.17. The van der Waals surface area contributed by atoms with E-state index in [4.69, 9.17) is 4.74 Å². The fourth-order valence-corrected chi connectivity index (χ4v) is 2.92. The Kier molecular flexibility index (Phi) is 6.10. The SMILES string of the molecule is Cc1csc([C@@H](C#N)C=NCCOc2ccc(C(C)(C)C)cc2)n1. The Bertz CT molecular complexity index is 720. The van der Waals surface area contributed by atoms with Gasteiger partial charge in [0.15, 0.2) is 0 Å². The molecule has 0 radical (unpaired) electrons. The van der Waals surface area contributed by atoms with Crippen molar-refractivity contribution in [2.75, 3.05) is 13.2 Å². The molecule has 4 nitrogen and oxygen atoms in total. The first kappa shape index (κ1) is 18.2. The first-order chi connectivity index (χ1) is 11.4. The molecule has 0 saturated heterocycles. The molecule has 2 rings (SSSR count). The summed E-state index contributed by atoms with van der Waals surface area (Å²) < 4.78 is 5.69. The van der Waals surface area contributed by atoms with Crippen molar-refractivity contribution in [3.63, 3.8) is 0 Å². The van der Waals surface area contributed by atoms with E-state index in [-0.39, 0.29) is 11.3 Å². The zero-order valence-electron chi connectivity index (χ0n) is 14.6. The maximum absolute atomic E-state index is 9.21. The highest BCUT2D eigenvalue weighted by Gasteiger charge is 2.13. The van der Waals surface area contributed by atoms with E-state index in [1.807, 2.05) is 24.4 Å². The lowest BCUT2D eigenvalue weighted by atomic mass is 9.87. The van der Waals surface area contributed by atoms with Crippen LogP contribution in [0.2, 0.25) is 0 Å². The summed E-state index contributed by atoms with van der Waals surface area (Å²) in [4.78, 5) is 8.62. The first-order valence-corrected chi connectivity index (χ1v) is 8.83. The van der Waals surface area contributed by atoms with Crippen molar-refractivity contribution in [1.82, 2.24) is 4.98 Å². The molecule has 0 aliphatic rings.